The monoisotopic (exact) mass is 222 g/mol. The largest absolute Gasteiger partial charge is 0.390 e. The smallest absolute Gasteiger partial charge is 0.0620 e. The first-order valence-corrected chi connectivity index (χ1v) is 6.73. The lowest BCUT2D eigenvalue weighted by molar-refractivity contribution is -0.0406. The first-order valence-electron chi connectivity index (χ1n) is 6.73. The molecule has 0 aromatic heterocycles. The molecule has 92 valence electrons. The zero-order valence-corrected chi connectivity index (χ0v) is 11.1. The van der Waals surface area contributed by atoms with Crippen LogP contribution < -0.4 is 0 Å². The van der Waals surface area contributed by atoms with Gasteiger partial charge in [-0.05, 0) is 69.6 Å². The topological polar surface area (TPSA) is 20.2 Å². The zero-order chi connectivity index (χ0) is 12.0. The molecule has 0 bridgehead atoms. The van der Waals surface area contributed by atoms with E-state index in [1.807, 2.05) is 13.8 Å². The van der Waals surface area contributed by atoms with E-state index in [4.69, 9.17) is 0 Å². The van der Waals surface area contributed by atoms with Crippen molar-refractivity contribution in [3.05, 3.63) is 12.2 Å². The van der Waals surface area contributed by atoms with Crippen LogP contribution in [-0.4, -0.2) is 10.7 Å². The Balaban J connectivity index is 2.15. The summed E-state index contributed by atoms with van der Waals surface area (Å²) >= 11 is 0. The lowest BCUT2D eigenvalue weighted by atomic mass is 9.55. The Morgan fingerprint density at radius 3 is 2.69 bits per heavy atom. The van der Waals surface area contributed by atoms with Gasteiger partial charge >= 0.3 is 0 Å². The Morgan fingerprint density at radius 2 is 2.06 bits per heavy atom. The first kappa shape index (κ1) is 12.2. The zero-order valence-electron chi connectivity index (χ0n) is 11.1. The molecule has 2 saturated carbocycles. The SMILES string of the molecule is C=C1CCC[C@@]2(C)CC[C@@H](C(C)(C)O)C[C@@H]12. The van der Waals surface area contributed by atoms with E-state index in [2.05, 4.69) is 13.5 Å². The van der Waals surface area contributed by atoms with Crippen LogP contribution in [0.2, 0.25) is 0 Å². The van der Waals surface area contributed by atoms with Crippen molar-refractivity contribution in [1.29, 1.82) is 0 Å². The summed E-state index contributed by atoms with van der Waals surface area (Å²) in [5, 5.41) is 10.2. The van der Waals surface area contributed by atoms with Gasteiger partial charge in [-0.3, -0.25) is 0 Å². The molecule has 0 saturated heterocycles. The van der Waals surface area contributed by atoms with Crippen molar-refractivity contribution in [3.8, 4) is 0 Å². The van der Waals surface area contributed by atoms with Gasteiger partial charge in [-0.15, -0.1) is 0 Å². The van der Waals surface area contributed by atoms with E-state index < -0.39 is 5.60 Å². The standard InChI is InChI=1S/C15H26O/c1-11-6-5-8-15(4)9-7-12(10-13(11)15)14(2,3)16/h12-13,16H,1,5-10H2,2-4H3/t12-,13+,15+/m1/s1. The van der Waals surface area contributed by atoms with Gasteiger partial charge in [-0.1, -0.05) is 19.1 Å². The Kier molecular flexibility index (Phi) is 2.94. The minimum absolute atomic E-state index is 0.459. The minimum Gasteiger partial charge on any atom is -0.390 e. The van der Waals surface area contributed by atoms with Crippen LogP contribution in [0.5, 0.6) is 0 Å². The van der Waals surface area contributed by atoms with Crippen molar-refractivity contribution >= 4 is 0 Å². The number of aliphatic hydroxyl groups is 1. The Labute approximate surface area is 99.9 Å². The van der Waals surface area contributed by atoms with E-state index in [-0.39, 0.29) is 0 Å². The molecule has 2 fully saturated rings. The number of hydrogen-bond donors (Lipinski definition) is 1. The van der Waals surface area contributed by atoms with Gasteiger partial charge in [0.2, 0.25) is 0 Å². The highest BCUT2D eigenvalue weighted by atomic mass is 16.3. The van der Waals surface area contributed by atoms with Crippen LogP contribution in [0.3, 0.4) is 0 Å². The van der Waals surface area contributed by atoms with E-state index in [1.165, 1.54) is 37.7 Å². The van der Waals surface area contributed by atoms with E-state index in [0.29, 0.717) is 17.3 Å². The van der Waals surface area contributed by atoms with Crippen molar-refractivity contribution in [1.82, 2.24) is 0 Å². The molecular formula is C15H26O. The van der Waals surface area contributed by atoms with Crippen LogP contribution in [0.25, 0.3) is 0 Å². The maximum atomic E-state index is 10.2. The van der Waals surface area contributed by atoms with Gasteiger partial charge in [0.1, 0.15) is 0 Å². The molecule has 3 atom stereocenters. The van der Waals surface area contributed by atoms with Gasteiger partial charge in [0, 0.05) is 0 Å². The molecule has 1 N–H and O–H groups in total. The van der Waals surface area contributed by atoms with Crippen molar-refractivity contribution in [3.63, 3.8) is 0 Å². The molecule has 2 rings (SSSR count). The number of hydrogen-bond acceptors (Lipinski definition) is 1. The van der Waals surface area contributed by atoms with Gasteiger partial charge < -0.3 is 5.11 Å². The predicted octanol–water partition coefficient (Wildman–Crippen LogP) is 3.92. The van der Waals surface area contributed by atoms with Crippen LogP contribution >= 0.6 is 0 Å². The normalized spacial score (nSPS) is 40.6. The highest BCUT2D eigenvalue weighted by Gasteiger charge is 2.45. The summed E-state index contributed by atoms with van der Waals surface area (Å²) < 4.78 is 0. The molecule has 1 nitrogen and oxygen atoms in total. The minimum atomic E-state index is -0.515. The summed E-state index contributed by atoms with van der Waals surface area (Å²) in [6, 6.07) is 0. The van der Waals surface area contributed by atoms with E-state index in [9.17, 15) is 5.11 Å². The van der Waals surface area contributed by atoms with Gasteiger partial charge in [0.25, 0.3) is 0 Å². The summed E-state index contributed by atoms with van der Waals surface area (Å²) in [4.78, 5) is 0. The van der Waals surface area contributed by atoms with Crippen LogP contribution in [0.4, 0.5) is 0 Å². The maximum absolute atomic E-state index is 10.2. The van der Waals surface area contributed by atoms with Gasteiger partial charge in [-0.2, -0.15) is 0 Å². The molecule has 16 heavy (non-hydrogen) atoms. The first-order chi connectivity index (χ1) is 7.33. The van der Waals surface area contributed by atoms with Crippen LogP contribution in [0.1, 0.15) is 59.3 Å². The van der Waals surface area contributed by atoms with E-state index in [1.54, 1.807) is 0 Å². The fourth-order valence-electron chi connectivity index (χ4n) is 3.86. The van der Waals surface area contributed by atoms with Gasteiger partial charge in [0.05, 0.1) is 5.60 Å². The molecule has 0 spiro atoms. The molecular weight excluding hydrogens is 196 g/mol. The maximum Gasteiger partial charge on any atom is 0.0620 e. The fourth-order valence-corrected chi connectivity index (χ4v) is 3.86. The molecule has 1 heteroatoms. The van der Waals surface area contributed by atoms with Crippen LogP contribution in [0.15, 0.2) is 12.2 Å². The van der Waals surface area contributed by atoms with Crippen molar-refractivity contribution < 1.29 is 5.11 Å². The molecule has 2 aliphatic rings. The number of rotatable bonds is 1. The highest BCUT2D eigenvalue weighted by Crippen LogP contribution is 2.54. The summed E-state index contributed by atoms with van der Waals surface area (Å²) in [6.07, 6.45) is 7.49. The third-order valence-electron chi connectivity index (χ3n) is 5.16. The Morgan fingerprint density at radius 1 is 1.38 bits per heavy atom. The van der Waals surface area contributed by atoms with E-state index in [0.717, 1.165) is 6.42 Å². The number of fused-ring (bicyclic) bond motifs is 1. The molecule has 0 radical (unpaired) electrons. The second-order valence-electron chi connectivity index (χ2n) is 6.84. The Bertz CT molecular complexity index is 286. The molecule has 0 aromatic carbocycles. The third-order valence-corrected chi connectivity index (χ3v) is 5.16. The van der Waals surface area contributed by atoms with Crippen molar-refractivity contribution in [2.45, 2.75) is 64.9 Å². The molecule has 0 heterocycles. The summed E-state index contributed by atoms with van der Waals surface area (Å²) in [6.45, 7) is 10.6. The molecule has 0 amide bonds. The number of allylic oxidation sites excluding steroid dienone is 1. The molecule has 0 aliphatic heterocycles. The third kappa shape index (κ3) is 2.07. The quantitative estimate of drug-likeness (QED) is 0.667. The Hall–Kier alpha value is -0.300. The second-order valence-corrected chi connectivity index (χ2v) is 6.84. The van der Waals surface area contributed by atoms with Crippen LogP contribution in [-0.2, 0) is 0 Å². The van der Waals surface area contributed by atoms with Gasteiger partial charge in [0.15, 0.2) is 0 Å². The summed E-state index contributed by atoms with van der Waals surface area (Å²) in [5.74, 6) is 1.12. The lowest BCUT2D eigenvalue weighted by Crippen LogP contribution is -2.43. The lowest BCUT2D eigenvalue weighted by Gasteiger charge is -2.50. The average Bonchev–Trinajstić information content (AvgIpc) is 2.15. The average molecular weight is 222 g/mol. The fraction of sp³-hybridized carbons (Fsp3) is 0.867. The van der Waals surface area contributed by atoms with E-state index >= 15 is 0 Å². The second kappa shape index (κ2) is 3.87. The van der Waals surface area contributed by atoms with Crippen molar-refractivity contribution in [2.75, 3.05) is 0 Å². The van der Waals surface area contributed by atoms with Crippen molar-refractivity contribution in [2.24, 2.45) is 17.3 Å². The predicted molar refractivity (Wildman–Crippen MR) is 68.2 cm³/mol. The highest BCUT2D eigenvalue weighted by molar-refractivity contribution is 5.13. The summed E-state index contributed by atoms with van der Waals surface area (Å²) in [5.41, 5.74) is 1.42. The molecule has 0 unspecified atom stereocenters. The van der Waals surface area contributed by atoms with Gasteiger partial charge in [-0.25, -0.2) is 0 Å². The molecule has 0 aromatic rings. The summed E-state index contributed by atoms with van der Waals surface area (Å²) in [7, 11) is 0. The van der Waals surface area contributed by atoms with Crippen LogP contribution in [0, 0.1) is 17.3 Å². The molecule has 2 aliphatic carbocycles.